The first-order chi connectivity index (χ1) is 15.3. The number of nitrogens with one attached hydrogen (secondary N) is 3. The van der Waals surface area contributed by atoms with Gasteiger partial charge in [-0.15, -0.1) is 0 Å². The van der Waals surface area contributed by atoms with Crippen molar-refractivity contribution in [2.24, 2.45) is 0 Å². The second-order valence-electron chi connectivity index (χ2n) is 6.27. The molecule has 164 valence electrons. The average Bonchev–Trinajstić information content (AvgIpc) is 2.77. The number of anilines is 2. The van der Waals surface area contributed by atoms with Gasteiger partial charge in [0.15, 0.2) is 11.6 Å². The van der Waals surface area contributed by atoms with Crippen molar-refractivity contribution in [3.05, 3.63) is 82.6 Å². The number of aromatic nitrogens is 1. The number of methoxy groups -OCH3 is 1. The normalized spacial score (nSPS) is 10.2. The summed E-state index contributed by atoms with van der Waals surface area (Å²) in [5.74, 6) is -3.77. The maximum atomic E-state index is 13.4. The van der Waals surface area contributed by atoms with Gasteiger partial charge in [-0.3, -0.25) is 19.9 Å². The van der Waals surface area contributed by atoms with Crippen molar-refractivity contribution in [1.29, 1.82) is 0 Å². The summed E-state index contributed by atoms with van der Waals surface area (Å²) in [5, 5.41) is 6.62. The van der Waals surface area contributed by atoms with E-state index in [9.17, 15) is 23.2 Å². The molecular weight excluding hydrogens is 446 g/mol. The van der Waals surface area contributed by atoms with Gasteiger partial charge >= 0.3 is 6.03 Å². The van der Waals surface area contributed by atoms with Gasteiger partial charge in [0.1, 0.15) is 5.75 Å². The monoisotopic (exact) mass is 460 g/mol. The highest BCUT2D eigenvalue weighted by Gasteiger charge is 2.18. The Balaban J connectivity index is 1.73. The lowest BCUT2D eigenvalue weighted by Gasteiger charge is -2.13. The number of nitrogens with zero attached hydrogens (tertiary/aromatic N) is 1. The Labute approximate surface area is 185 Å². The number of carbonyl (C=O) groups is 3. The van der Waals surface area contributed by atoms with E-state index < -0.39 is 35.0 Å². The van der Waals surface area contributed by atoms with Crippen LogP contribution in [0.15, 0.2) is 54.9 Å². The first-order valence-electron chi connectivity index (χ1n) is 8.94. The maximum Gasteiger partial charge on any atom is 0.326 e. The van der Waals surface area contributed by atoms with Gasteiger partial charge in [-0.25, -0.2) is 13.6 Å². The highest BCUT2D eigenvalue weighted by molar-refractivity contribution is 6.34. The molecule has 0 saturated carbocycles. The minimum absolute atomic E-state index is 0.123. The van der Waals surface area contributed by atoms with Crippen molar-refractivity contribution >= 4 is 40.8 Å². The lowest BCUT2D eigenvalue weighted by molar-refractivity contribution is 0.0965. The van der Waals surface area contributed by atoms with E-state index in [2.05, 4.69) is 15.6 Å². The van der Waals surface area contributed by atoms with Crippen LogP contribution in [-0.4, -0.2) is 29.9 Å². The molecule has 8 nitrogen and oxygen atoms in total. The number of carbonyl (C=O) groups excluding carboxylic acids is 3. The number of hydrogen-bond donors (Lipinski definition) is 3. The van der Waals surface area contributed by atoms with Crippen LogP contribution in [0.1, 0.15) is 20.7 Å². The first kappa shape index (κ1) is 22.6. The predicted molar refractivity (Wildman–Crippen MR) is 113 cm³/mol. The van der Waals surface area contributed by atoms with Crippen LogP contribution in [0.5, 0.6) is 5.75 Å². The average molecular weight is 461 g/mol. The Kier molecular flexibility index (Phi) is 6.96. The topological polar surface area (TPSA) is 109 Å². The van der Waals surface area contributed by atoms with E-state index >= 15 is 0 Å². The first-order valence-corrected chi connectivity index (χ1v) is 9.32. The zero-order chi connectivity index (χ0) is 23.3. The Morgan fingerprint density at radius 1 is 1.00 bits per heavy atom. The zero-order valence-electron chi connectivity index (χ0n) is 16.4. The predicted octanol–water partition coefficient (Wildman–Crippen LogP) is 4.24. The summed E-state index contributed by atoms with van der Waals surface area (Å²) in [6.45, 7) is 0. The van der Waals surface area contributed by atoms with Gasteiger partial charge in [-0.05, 0) is 42.5 Å². The number of amides is 4. The van der Waals surface area contributed by atoms with Gasteiger partial charge in [-0.1, -0.05) is 11.6 Å². The summed E-state index contributed by atoms with van der Waals surface area (Å²) in [6.07, 6.45) is 2.92. The van der Waals surface area contributed by atoms with Gasteiger partial charge in [0.2, 0.25) is 0 Å². The smallest absolute Gasteiger partial charge is 0.326 e. The van der Waals surface area contributed by atoms with E-state index in [-0.39, 0.29) is 16.5 Å². The summed E-state index contributed by atoms with van der Waals surface area (Å²) < 4.78 is 31.7. The number of pyridine rings is 1. The molecule has 11 heteroatoms. The molecule has 1 aromatic heterocycles. The van der Waals surface area contributed by atoms with Gasteiger partial charge in [0.25, 0.3) is 11.8 Å². The van der Waals surface area contributed by atoms with Gasteiger partial charge in [-0.2, -0.15) is 0 Å². The van der Waals surface area contributed by atoms with Crippen molar-refractivity contribution in [2.75, 3.05) is 17.7 Å². The van der Waals surface area contributed by atoms with Crippen molar-refractivity contribution in [3.63, 3.8) is 0 Å². The number of rotatable bonds is 5. The summed E-state index contributed by atoms with van der Waals surface area (Å²) in [4.78, 5) is 40.7. The van der Waals surface area contributed by atoms with Crippen molar-refractivity contribution in [3.8, 4) is 5.75 Å². The van der Waals surface area contributed by atoms with E-state index in [1.807, 2.05) is 5.32 Å². The van der Waals surface area contributed by atoms with Gasteiger partial charge in [0, 0.05) is 18.1 Å². The molecule has 32 heavy (non-hydrogen) atoms. The molecule has 3 rings (SSSR count). The number of imide groups is 1. The fourth-order valence-corrected chi connectivity index (χ4v) is 2.84. The van der Waals surface area contributed by atoms with Crippen LogP contribution in [0.25, 0.3) is 0 Å². The molecule has 0 spiro atoms. The van der Waals surface area contributed by atoms with Crippen molar-refractivity contribution in [2.45, 2.75) is 0 Å². The van der Waals surface area contributed by atoms with Gasteiger partial charge < -0.3 is 15.4 Å². The molecule has 1 heterocycles. The molecule has 0 bridgehead atoms. The molecule has 4 amide bonds. The van der Waals surface area contributed by atoms with Crippen molar-refractivity contribution in [1.82, 2.24) is 10.3 Å². The van der Waals surface area contributed by atoms with E-state index in [1.54, 1.807) is 18.2 Å². The molecule has 0 saturated heterocycles. The molecule has 0 unspecified atom stereocenters. The molecule has 0 aliphatic heterocycles. The highest BCUT2D eigenvalue weighted by atomic mass is 35.5. The Morgan fingerprint density at radius 2 is 1.75 bits per heavy atom. The number of urea groups is 1. The number of benzene rings is 2. The standard InChI is InChI=1S/C21H15ClF2N4O4/c1-32-18-5-4-12(26-19(29)11-3-2-6-25-10-11)7-17(18)27-21(31)28-20(30)13-8-15(23)16(24)9-14(13)22/h2-10H,1H3,(H,26,29)(H2,27,28,30,31). The van der Waals surface area contributed by atoms with E-state index in [0.29, 0.717) is 23.4 Å². The van der Waals surface area contributed by atoms with E-state index in [4.69, 9.17) is 16.3 Å². The molecule has 3 N–H and O–H groups in total. The maximum absolute atomic E-state index is 13.4. The zero-order valence-corrected chi connectivity index (χ0v) is 17.2. The third-order valence-corrected chi connectivity index (χ3v) is 4.42. The summed E-state index contributed by atoms with van der Waals surface area (Å²) in [6, 6.07) is 7.83. The van der Waals surface area contributed by atoms with E-state index in [1.165, 1.54) is 31.6 Å². The third kappa shape index (κ3) is 5.35. The Bertz CT molecular complexity index is 1190. The Morgan fingerprint density at radius 3 is 2.44 bits per heavy atom. The Hall–Kier alpha value is -4.05. The molecule has 0 atom stereocenters. The lowest BCUT2D eigenvalue weighted by atomic mass is 10.2. The number of halogens is 3. The largest absolute Gasteiger partial charge is 0.495 e. The third-order valence-electron chi connectivity index (χ3n) is 4.11. The van der Waals surface area contributed by atoms with Crippen LogP contribution < -0.4 is 20.7 Å². The molecule has 0 radical (unpaired) electrons. The van der Waals surface area contributed by atoms with Crippen LogP contribution in [0.4, 0.5) is 25.0 Å². The SMILES string of the molecule is COc1ccc(NC(=O)c2cccnc2)cc1NC(=O)NC(=O)c1cc(F)c(F)cc1Cl. The second kappa shape index (κ2) is 9.84. The molecule has 0 aliphatic rings. The number of ether oxygens (including phenoxy) is 1. The fourth-order valence-electron chi connectivity index (χ4n) is 2.60. The quantitative estimate of drug-likeness (QED) is 0.493. The van der Waals surface area contributed by atoms with Crippen molar-refractivity contribution < 1.29 is 27.9 Å². The summed E-state index contributed by atoms with van der Waals surface area (Å²) >= 11 is 5.74. The second-order valence-corrected chi connectivity index (χ2v) is 6.67. The van der Waals surface area contributed by atoms with Crippen LogP contribution in [0, 0.1) is 11.6 Å². The molecule has 0 fully saturated rings. The van der Waals surface area contributed by atoms with E-state index in [0.717, 1.165) is 0 Å². The minimum atomic E-state index is -1.29. The van der Waals surface area contributed by atoms with Crippen LogP contribution >= 0.6 is 11.6 Å². The highest BCUT2D eigenvalue weighted by Crippen LogP contribution is 2.28. The summed E-state index contributed by atoms with van der Waals surface area (Å²) in [7, 11) is 1.36. The number of hydrogen-bond acceptors (Lipinski definition) is 5. The summed E-state index contributed by atoms with van der Waals surface area (Å²) in [5.41, 5.74) is 0.345. The minimum Gasteiger partial charge on any atom is -0.495 e. The van der Waals surface area contributed by atoms with Crippen LogP contribution in [0.2, 0.25) is 5.02 Å². The fraction of sp³-hybridized carbons (Fsp3) is 0.0476. The molecule has 3 aromatic rings. The molecular formula is C21H15ClF2N4O4. The van der Waals surface area contributed by atoms with Gasteiger partial charge in [0.05, 0.1) is 28.9 Å². The molecule has 0 aliphatic carbocycles. The molecule has 2 aromatic carbocycles. The van der Waals surface area contributed by atoms with Crippen LogP contribution in [0.3, 0.4) is 0 Å². The lowest BCUT2D eigenvalue weighted by Crippen LogP contribution is -2.34. The van der Waals surface area contributed by atoms with Crippen LogP contribution in [-0.2, 0) is 0 Å².